The first-order chi connectivity index (χ1) is 5.26. The summed E-state index contributed by atoms with van der Waals surface area (Å²) < 4.78 is 0. The van der Waals surface area contributed by atoms with Gasteiger partial charge in [-0.25, -0.2) is 0 Å². The van der Waals surface area contributed by atoms with Crippen LogP contribution in [0.3, 0.4) is 0 Å². The summed E-state index contributed by atoms with van der Waals surface area (Å²) in [7, 11) is 0. The number of hydrogen-bond acceptors (Lipinski definition) is 2. The molecule has 0 aromatic rings. The molecule has 0 aromatic carbocycles. The van der Waals surface area contributed by atoms with Gasteiger partial charge in [-0.1, -0.05) is 47.6 Å². The zero-order valence-corrected chi connectivity index (χ0v) is 7.04. The van der Waals surface area contributed by atoms with E-state index in [0.717, 1.165) is 0 Å². The van der Waals surface area contributed by atoms with Crippen LogP contribution >= 0.6 is 11.6 Å². The third kappa shape index (κ3) is 3.63. The van der Waals surface area contributed by atoms with Crippen molar-refractivity contribution in [3.05, 3.63) is 36.5 Å². The normalized spacial score (nSPS) is 14.0. The molecular weight excluding hydrogens is 162 g/mol. The summed E-state index contributed by atoms with van der Waals surface area (Å²) in [4.78, 5) is 0. The molecule has 0 spiro atoms. The zero-order valence-electron chi connectivity index (χ0n) is 6.29. The molecule has 0 aromatic heterocycles. The molecule has 0 saturated carbocycles. The smallest absolute Gasteiger partial charge is 0.175 e. The average molecular weight is 172 g/mol. The third-order valence-corrected chi connectivity index (χ3v) is 1.26. The number of rotatable bonds is 3. The third-order valence-electron chi connectivity index (χ3n) is 0.970. The first-order valence-corrected chi connectivity index (χ1v) is 3.47. The van der Waals surface area contributed by atoms with E-state index in [1.807, 2.05) is 6.92 Å². The summed E-state index contributed by atoms with van der Waals surface area (Å²) in [5.41, 5.74) is 0.631. The van der Waals surface area contributed by atoms with E-state index in [1.165, 1.54) is 0 Å². The average Bonchev–Trinajstić information content (AvgIpc) is 2.03. The summed E-state index contributed by atoms with van der Waals surface area (Å²) in [6.07, 6.45) is 6.75. The second-order valence-electron chi connectivity index (χ2n) is 1.75. The first-order valence-electron chi connectivity index (χ1n) is 3.09. The molecule has 0 rings (SSSR count). The molecule has 0 radical (unpaired) electrons. The van der Waals surface area contributed by atoms with Crippen LogP contribution in [0.2, 0.25) is 0 Å². The molecule has 0 bridgehead atoms. The Balaban J connectivity index is 4.61. The molecular formula is C8H10ClNO. The Bertz CT molecular complexity index is 216. The lowest BCUT2D eigenvalue weighted by atomic mass is 10.2. The zero-order chi connectivity index (χ0) is 8.69. The Morgan fingerprint density at radius 1 is 1.64 bits per heavy atom. The summed E-state index contributed by atoms with van der Waals surface area (Å²) in [5.74, 6) is 0. The molecule has 0 unspecified atom stereocenters. The minimum Gasteiger partial charge on any atom is -0.410 e. The molecule has 0 aliphatic carbocycles. The van der Waals surface area contributed by atoms with Gasteiger partial charge < -0.3 is 5.21 Å². The van der Waals surface area contributed by atoms with Crippen molar-refractivity contribution in [2.45, 2.75) is 6.92 Å². The topological polar surface area (TPSA) is 32.6 Å². The van der Waals surface area contributed by atoms with Crippen molar-refractivity contribution in [2.24, 2.45) is 5.16 Å². The van der Waals surface area contributed by atoms with E-state index in [9.17, 15) is 0 Å². The Kier molecular flexibility index (Phi) is 5.21. The van der Waals surface area contributed by atoms with Gasteiger partial charge in [-0.3, -0.25) is 0 Å². The highest BCUT2D eigenvalue weighted by Gasteiger charge is 1.97. The fourth-order valence-corrected chi connectivity index (χ4v) is 0.683. The lowest BCUT2D eigenvalue weighted by molar-refractivity contribution is 0.321. The van der Waals surface area contributed by atoms with Crippen molar-refractivity contribution in [3.63, 3.8) is 0 Å². The van der Waals surface area contributed by atoms with Gasteiger partial charge in [0.15, 0.2) is 5.17 Å². The number of halogens is 1. The Hall–Kier alpha value is -1.02. The van der Waals surface area contributed by atoms with Gasteiger partial charge in [0.25, 0.3) is 0 Å². The van der Waals surface area contributed by atoms with Gasteiger partial charge in [0.2, 0.25) is 0 Å². The summed E-state index contributed by atoms with van der Waals surface area (Å²) in [6.45, 7) is 5.34. The molecule has 0 aliphatic heterocycles. The van der Waals surface area contributed by atoms with Crippen molar-refractivity contribution in [2.75, 3.05) is 0 Å². The lowest BCUT2D eigenvalue weighted by Gasteiger charge is -1.93. The van der Waals surface area contributed by atoms with Crippen LogP contribution in [0.25, 0.3) is 0 Å². The Labute approximate surface area is 71.2 Å². The predicted octanol–water partition coefficient (Wildman–Crippen LogP) is 2.70. The van der Waals surface area contributed by atoms with Gasteiger partial charge in [0, 0.05) is 5.57 Å². The van der Waals surface area contributed by atoms with Crippen LogP contribution < -0.4 is 0 Å². The van der Waals surface area contributed by atoms with E-state index in [4.69, 9.17) is 16.8 Å². The first kappa shape index (κ1) is 9.98. The van der Waals surface area contributed by atoms with Crippen LogP contribution in [0.15, 0.2) is 41.6 Å². The Morgan fingerprint density at radius 3 is 2.64 bits per heavy atom. The lowest BCUT2D eigenvalue weighted by Crippen LogP contribution is -1.89. The molecule has 1 N–H and O–H groups in total. The second kappa shape index (κ2) is 5.74. The van der Waals surface area contributed by atoms with E-state index in [-0.39, 0.29) is 5.17 Å². The van der Waals surface area contributed by atoms with Crippen molar-refractivity contribution >= 4 is 16.8 Å². The fourth-order valence-electron chi connectivity index (χ4n) is 0.557. The number of oxime groups is 1. The molecule has 0 fully saturated rings. The van der Waals surface area contributed by atoms with Gasteiger partial charge in [-0.05, 0) is 6.92 Å². The summed E-state index contributed by atoms with van der Waals surface area (Å²) >= 11 is 5.52. The molecule has 60 valence electrons. The molecule has 0 amide bonds. The van der Waals surface area contributed by atoms with E-state index >= 15 is 0 Å². The monoisotopic (exact) mass is 171 g/mol. The molecule has 11 heavy (non-hydrogen) atoms. The number of nitrogens with zero attached hydrogens (tertiary/aromatic N) is 1. The van der Waals surface area contributed by atoms with Gasteiger partial charge >= 0.3 is 0 Å². The molecule has 2 nitrogen and oxygen atoms in total. The van der Waals surface area contributed by atoms with E-state index < -0.39 is 0 Å². The minimum atomic E-state index is 0.0583. The molecule has 0 atom stereocenters. The van der Waals surface area contributed by atoms with Crippen LogP contribution in [-0.4, -0.2) is 10.4 Å². The molecule has 0 heterocycles. The molecule has 3 heteroatoms. The van der Waals surface area contributed by atoms with E-state index in [1.54, 1.807) is 24.3 Å². The second-order valence-corrected chi connectivity index (χ2v) is 2.11. The quantitative estimate of drug-likeness (QED) is 0.301. The number of hydrogen-bond donors (Lipinski definition) is 1. The summed E-state index contributed by atoms with van der Waals surface area (Å²) in [5, 5.41) is 11.2. The van der Waals surface area contributed by atoms with Crippen LogP contribution in [0.5, 0.6) is 0 Å². The van der Waals surface area contributed by atoms with Gasteiger partial charge in [-0.2, -0.15) is 0 Å². The maximum Gasteiger partial charge on any atom is 0.175 e. The van der Waals surface area contributed by atoms with Crippen molar-refractivity contribution in [1.29, 1.82) is 0 Å². The van der Waals surface area contributed by atoms with Crippen molar-refractivity contribution in [3.8, 4) is 0 Å². The van der Waals surface area contributed by atoms with Gasteiger partial charge in [-0.15, -0.1) is 0 Å². The molecule has 0 aliphatic rings. The Morgan fingerprint density at radius 2 is 2.27 bits per heavy atom. The van der Waals surface area contributed by atoms with Gasteiger partial charge in [0.1, 0.15) is 0 Å². The van der Waals surface area contributed by atoms with Crippen LogP contribution in [-0.2, 0) is 0 Å². The van der Waals surface area contributed by atoms with E-state index in [2.05, 4.69) is 11.7 Å². The largest absolute Gasteiger partial charge is 0.410 e. The molecule has 0 saturated heterocycles. The fraction of sp³-hybridized carbons (Fsp3) is 0.125. The standard InChI is InChI=1S/C8H10ClNO/c1-3-5-7(6-4-2)8(9)10-11/h3-6,11H,1H2,2H3/b6-4-,7-5+,10-8-. The van der Waals surface area contributed by atoms with Gasteiger partial charge in [0.05, 0.1) is 0 Å². The van der Waals surface area contributed by atoms with Crippen LogP contribution in [0, 0.1) is 0 Å². The predicted molar refractivity (Wildman–Crippen MR) is 48.2 cm³/mol. The maximum absolute atomic E-state index is 8.31. The highest BCUT2D eigenvalue weighted by Crippen LogP contribution is 2.04. The van der Waals surface area contributed by atoms with E-state index in [0.29, 0.717) is 5.57 Å². The number of allylic oxidation sites excluding steroid dienone is 5. The maximum atomic E-state index is 8.31. The summed E-state index contributed by atoms with van der Waals surface area (Å²) in [6, 6.07) is 0. The van der Waals surface area contributed by atoms with Crippen LogP contribution in [0.1, 0.15) is 6.92 Å². The highest BCUT2D eigenvalue weighted by atomic mass is 35.5. The van der Waals surface area contributed by atoms with Crippen LogP contribution in [0.4, 0.5) is 0 Å². The highest BCUT2D eigenvalue weighted by molar-refractivity contribution is 6.69. The van der Waals surface area contributed by atoms with Crippen molar-refractivity contribution in [1.82, 2.24) is 0 Å². The van der Waals surface area contributed by atoms with Crippen molar-refractivity contribution < 1.29 is 5.21 Å². The minimum absolute atomic E-state index is 0.0583. The SMILES string of the molecule is C=C/C=C(\C=C/C)C(/Cl)=N/O.